The van der Waals surface area contributed by atoms with E-state index in [1.807, 2.05) is 6.92 Å². The summed E-state index contributed by atoms with van der Waals surface area (Å²) >= 11 is 0. The van der Waals surface area contributed by atoms with Gasteiger partial charge in [0, 0.05) is 50.5 Å². The molecule has 1 aliphatic carbocycles. The molecule has 3 rings (SSSR count). The van der Waals surface area contributed by atoms with Crippen molar-refractivity contribution in [3.8, 4) is 0 Å². The summed E-state index contributed by atoms with van der Waals surface area (Å²) in [5, 5.41) is 13.7. The van der Waals surface area contributed by atoms with Crippen LogP contribution in [0.25, 0.3) is 0 Å². The molecule has 0 atom stereocenters. The van der Waals surface area contributed by atoms with Crippen LogP contribution in [0.4, 0.5) is 0 Å². The Bertz CT molecular complexity index is 535. The van der Waals surface area contributed by atoms with Crippen LogP contribution in [0.5, 0.6) is 0 Å². The van der Waals surface area contributed by atoms with Crippen LogP contribution in [0.2, 0.25) is 0 Å². The third-order valence-electron chi connectivity index (χ3n) is 5.29. The Morgan fingerprint density at radius 3 is 3.00 bits per heavy atom. The molecule has 0 bridgehead atoms. The molecular formula is C17H28N4O2. The Labute approximate surface area is 137 Å². The number of nitrogens with one attached hydrogen (secondary N) is 3. The van der Waals surface area contributed by atoms with E-state index in [9.17, 15) is 4.79 Å². The summed E-state index contributed by atoms with van der Waals surface area (Å²) in [4.78, 5) is 12.6. The molecule has 23 heavy (non-hydrogen) atoms. The molecule has 1 amide bonds. The largest absolute Gasteiger partial charge is 0.382 e. The molecule has 6 nitrogen and oxygen atoms in total. The molecule has 0 saturated heterocycles. The minimum atomic E-state index is -0.0473. The lowest BCUT2D eigenvalue weighted by molar-refractivity contribution is 0.0858. The summed E-state index contributed by atoms with van der Waals surface area (Å²) in [6.45, 7) is 5.97. The van der Waals surface area contributed by atoms with Gasteiger partial charge in [-0.2, -0.15) is 5.10 Å². The Morgan fingerprint density at radius 2 is 2.22 bits per heavy atom. The number of aromatic amines is 1. The van der Waals surface area contributed by atoms with Crippen molar-refractivity contribution in [3.63, 3.8) is 0 Å². The monoisotopic (exact) mass is 320 g/mol. The molecule has 1 aromatic rings. The smallest absolute Gasteiger partial charge is 0.272 e. The Balaban J connectivity index is 1.59. The lowest BCUT2D eigenvalue weighted by atomic mass is 9.83. The molecule has 0 radical (unpaired) electrons. The predicted octanol–water partition coefficient (Wildman–Crippen LogP) is 1.77. The van der Waals surface area contributed by atoms with Crippen LogP contribution in [-0.2, 0) is 17.7 Å². The van der Waals surface area contributed by atoms with Gasteiger partial charge in [-0.05, 0) is 31.6 Å². The number of hydrogen-bond donors (Lipinski definition) is 3. The van der Waals surface area contributed by atoms with Gasteiger partial charge in [0.05, 0.1) is 0 Å². The number of nitrogens with zero attached hydrogens (tertiary/aromatic N) is 1. The molecule has 1 aliphatic heterocycles. The number of carbonyl (C=O) groups excluding carboxylic acids is 1. The number of rotatable bonds is 7. The van der Waals surface area contributed by atoms with Crippen LogP contribution in [0.3, 0.4) is 0 Å². The lowest BCUT2D eigenvalue weighted by Crippen LogP contribution is -2.37. The molecular weight excluding hydrogens is 292 g/mol. The first kappa shape index (κ1) is 16.5. The maximum absolute atomic E-state index is 12.6. The number of carbonyl (C=O) groups is 1. The van der Waals surface area contributed by atoms with Crippen LogP contribution in [0, 0.1) is 5.41 Å². The van der Waals surface area contributed by atoms with Crippen LogP contribution >= 0.6 is 0 Å². The van der Waals surface area contributed by atoms with E-state index in [1.165, 1.54) is 25.7 Å². The molecule has 2 aliphatic rings. The van der Waals surface area contributed by atoms with Crippen molar-refractivity contribution < 1.29 is 9.53 Å². The van der Waals surface area contributed by atoms with Crippen molar-refractivity contribution in [2.45, 2.75) is 52.0 Å². The second kappa shape index (κ2) is 7.45. The van der Waals surface area contributed by atoms with E-state index < -0.39 is 0 Å². The normalized spacial score (nSPS) is 19.5. The summed E-state index contributed by atoms with van der Waals surface area (Å²) in [5.74, 6) is -0.0473. The summed E-state index contributed by atoms with van der Waals surface area (Å²) in [5.41, 5.74) is 2.90. The number of ether oxygens (including phenoxy) is 1. The highest BCUT2D eigenvalue weighted by Crippen LogP contribution is 2.40. The molecule has 1 fully saturated rings. The van der Waals surface area contributed by atoms with Crippen molar-refractivity contribution in [2.75, 3.05) is 26.3 Å². The van der Waals surface area contributed by atoms with Gasteiger partial charge in [-0.25, -0.2) is 0 Å². The van der Waals surface area contributed by atoms with Gasteiger partial charge in [0.1, 0.15) is 0 Å². The van der Waals surface area contributed by atoms with Gasteiger partial charge in [-0.1, -0.05) is 12.8 Å². The van der Waals surface area contributed by atoms with Gasteiger partial charge < -0.3 is 15.4 Å². The molecule has 2 heterocycles. The fourth-order valence-corrected chi connectivity index (χ4v) is 3.84. The van der Waals surface area contributed by atoms with Crippen molar-refractivity contribution in [3.05, 3.63) is 17.0 Å². The molecule has 1 aromatic heterocycles. The van der Waals surface area contributed by atoms with Crippen LogP contribution in [-0.4, -0.2) is 42.4 Å². The first-order valence-electron chi connectivity index (χ1n) is 8.87. The fraction of sp³-hybridized carbons (Fsp3) is 0.765. The molecule has 0 spiro atoms. The second-order valence-electron chi connectivity index (χ2n) is 6.79. The summed E-state index contributed by atoms with van der Waals surface area (Å²) in [6.07, 6.45) is 6.81. The minimum Gasteiger partial charge on any atom is -0.382 e. The molecule has 128 valence electrons. The van der Waals surface area contributed by atoms with E-state index in [1.54, 1.807) is 0 Å². The predicted molar refractivity (Wildman–Crippen MR) is 88.3 cm³/mol. The van der Waals surface area contributed by atoms with Gasteiger partial charge in [-0.3, -0.25) is 9.89 Å². The van der Waals surface area contributed by atoms with Gasteiger partial charge in [-0.15, -0.1) is 0 Å². The van der Waals surface area contributed by atoms with E-state index in [2.05, 4.69) is 20.8 Å². The zero-order valence-electron chi connectivity index (χ0n) is 14.0. The maximum Gasteiger partial charge on any atom is 0.272 e. The van der Waals surface area contributed by atoms with E-state index in [4.69, 9.17) is 4.74 Å². The zero-order valence-corrected chi connectivity index (χ0v) is 14.0. The van der Waals surface area contributed by atoms with Crippen molar-refractivity contribution in [1.29, 1.82) is 0 Å². The quantitative estimate of drug-likeness (QED) is 0.669. The van der Waals surface area contributed by atoms with Crippen LogP contribution in [0.1, 0.15) is 60.8 Å². The van der Waals surface area contributed by atoms with E-state index >= 15 is 0 Å². The molecule has 0 aromatic carbocycles. The number of amides is 1. The third kappa shape index (κ3) is 3.75. The van der Waals surface area contributed by atoms with E-state index in [0.717, 1.165) is 56.9 Å². The topological polar surface area (TPSA) is 79.0 Å². The number of H-pyrrole nitrogens is 1. The Morgan fingerprint density at radius 1 is 1.39 bits per heavy atom. The Hall–Kier alpha value is -1.40. The first-order chi connectivity index (χ1) is 11.2. The average Bonchev–Trinajstić information content (AvgIpc) is 3.20. The van der Waals surface area contributed by atoms with E-state index in [0.29, 0.717) is 5.69 Å². The molecule has 0 unspecified atom stereocenters. The van der Waals surface area contributed by atoms with E-state index in [-0.39, 0.29) is 11.3 Å². The minimum absolute atomic E-state index is 0.0473. The zero-order chi connectivity index (χ0) is 16.1. The summed E-state index contributed by atoms with van der Waals surface area (Å²) in [7, 11) is 0. The highest BCUT2D eigenvalue weighted by Gasteiger charge is 2.34. The average molecular weight is 320 g/mol. The summed E-state index contributed by atoms with van der Waals surface area (Å²) < 4.78 is 5.54. The second-order valence-corrected chi connectivity index (χ2v) is 6.79. The number of aromatic nitrogens is 2. The SMILES string of the molecule is CCOCCC1(CNC(=O)c2n[nH]c3c2CNCC3)CCCC1. The highest BCUT2D eigenvalue weighted by atomic mass is 16.5. The first-order valence-corrected chi connectivity index (χ1v) is 8.87. The molecule has 1 saturated carbocycles. The maximum atomic E-state index is 12.6. The van der Waals surface area contributed by atoms with Crippen molar-refractivity contribution >= 4 is 5.91 Å². The molecule has 3 N–H and O–H groups in total. The number of fused-ring (bicyclic) bond motifs is 1. The van der Waals surface area contributed by atoms with Crippen LogP contribution in [0.15, 0.2) is 0 Å². The summed E-state index contributed by atoms with van der Waals surface area (Å²) in [6, 6.07) is 0. The lowest BCUT2D eigenvalue weighted by Gasteiger charge is -2.29. The highest BCUT2D eigenvalue weighted by molar-refractivity contribution is 5.94. The standard InChI is InChI=1S/C17H28N4O2/c1-2-23-10-8-17(6-3-4-7-17)12-19-16(22)15-13-11-18-9-5-14(13)20-21-15/h18H,2-12H2,1H3,(H,19,22)(H,20,21). The van der Waals surface area contributed by atoms with Gasteiger partial charge >= 0.3 is 0 Å². The third-order valence-corrected chi connectivity index (χ3v) is 5.29. The van der Waals surface area contributed by atoms with Gasteiger partial charge in [0.15, 0.2) is 5.69 Å². The number of hydrogen-bond acceptors (Lipinski definition) is 4. The fourth-order valence-electron chi connectivity index (χ4n) is 3.84. The van der Waals surface area contributed by atoms with Gasteiger partial charge in [0.2, 0.25) is 0 Å². The van der Waals surface area contributed by atoms with Crippen molar-refractivity contribution in [1.82, 2.24) is 20.8 Å². The van der Waals surface area contributed by atoms with Crippen molar-refractivity contribution in [2.24, 2.45) is 5.41 Å². The van der Waals surface area contributed by atoms with Crippen LogP contribution < -0.4 is 10.6 Å². The molecule has 6 heteroatoms. The van der Waals surface area contributed by atoms with Gasteiger partial charge in [0.25, 0.3) is 5.91 Å². The Kier molecular flexibility index (Phi) is 5.33.